The Balaban J connectivity index is 1.47. The SMILES string of the molecule is O=C1S/C(=C/c2c(OCc3ccccc3)ccc3ccccc23)C(=O)N1Cc1ccc(I)cc1. The molecule has 4 aromatic carbocycles. The fourth-order valence-corrected chi connectivity index (χ4v) is 5.01. The van der Waals surface area contributed by atoms with E-state index in [-0.39, 0.29) is 17.7 Å². The lowest BCUT2D eigenvalue weighted by atomic mass is 10.0. The third-order valence-corrected chi connectivity index (χ3v) is 7.20. The van der Waals surface area contributed by atoms with E-state index in [1.165, 1.54) is 4.90 Å². The second kappa shape index (κ2) is 10.0. The summed E-state index contributed by atoms with van der Waals surface area (Å²) >= 11 is 3.20. The van der Waals surface area contributed by atoms with Crippen molar-refractivity contribution in [2.24, 2.45) is 0 Å². The van der Waals surface area contributed by atoms with Gasteiger partial charge < -0.3 is 4.74 Å². The third-order valence-electron chi connectivity index (χ3n) is 5.57. The Labute approximate surface area is 215 Å². The Bertz CT molecular complexity index is 1400. The van der Waals surface area contributed by atoms with Gasteiger partial charge in [0.25, 0.3) is 11.1 Å². The zero-order valence-corrected chi connectivity index (χ0v) is 21.1. The molecule has 168 valence electrons. The maximum absolute atomic E-state index is 13.2. The van der Waals surface area contributed by atoms with Crippen molar-refractivity contribution in [3.05, 3.63) is 116 Å². The number of nitrogens with zero attached hydrogens (tertiary/aromatic N) is 1. The van der Waals surface area contributed by atoms with Crippen LogP contribution in [0, 0.1) is 3.57 Å². The number of amides is 2. The van der Waals surface area contributed by atoms with E-state index in [1.807, 2.05) is 91.0 Å². The summed E-state index contributed by atoms with van der Waals surface area (Å²) in [5.74, 6) is 0.391. The Morgan fingerprint density at radius 3 is 2.35 bits per heavy atom. The molecule has 1 fully saturated rings. The highest BCUT2D eigenvalue weighted by Gasteiger charge is 2.35. The standard InChI is InChI=1S/C28H20INO3S/c29-22-13-10-19(11-14-22)17-30-27(31)26(34-28(30)32)16-24-23-9-5-4-8-21(23)12-15-25(24)33-18-20-6-2-1-3-7-20/h1-16H,17-18H2/b26-16+. The number of thioether (sulfide) groups is 1. The normalized spacial score (nSPS) is 14.9. The van der Waals surface area contributed by atoms with Crippen LogP contribution >= 0.6 is 34.4 Å². The van der Waals surface area contributed by atoms with Crippen LogP contribution in [0.15, 0.2) is 95.9 Å². The molecule has 0 atom stereocenters. The Kier molecular flexibility index (Phi) is 6.69. The van der Waals surface area contributed by atoms with Gasteiger partial charge in [-0.3, -0.25) is 14.5 Å². The van der Waals surface area contributed by atoms with Crippen LogP contribution in [-0.4, -0.2) is 16.0 Å². The van der Waals surface area contributed by atoms with Crippen molar-refractivity contribution < 1.29 is 14.3 Å². The number of hydrogen-bond donors (Lipinski definition) is 0. The van der Waals surface area contributed by atoms with Gasteiger partial charge in [0.05, 0.1) is 11.4 Å². The van der Waals surface area contributed by atoms with Crippen molar-refractivity contribution in [2.45, 2.75) is 13.2 Å². The van der Waals surface area contributed by atoms with E-state index in [9.17, 15) is 9.59 Å². The zero-order valence-electron chi connectivity index (χ0n) is 18.1. The Morgan fingerprint density at radius 2 is 1.56 bits per heavy atom. The Morgan fingerprint density at radius 1 is 0.824 bits per heavy atom. The van der Waals surface area contributed by atoms with E-state index in [2.05, 4.69) is 22.6 Å². The smallest absolute Gasteiger partial charge is 0.293 e. The van der Waals surface area contributed by atoms with Gasteiger partial charge in [0.15, 0.2) is 0 Å². The second-order valence-corrected chi connectivity index (χ2v) is 10.1. The first-order valence-corrected chi connectivity index (χ1v) is 12.7. The highest BCUT2D eigenvalue weighted by atomic mass is 127. The molecule has 1 aliphatic heterocycles. The predicted molar refractivity (Wildman–Crippen MR) is 145 cm³/mol. The zero-order chi connectivity index (χ0) is 23.5. The molecule has 2 amide bonds. The second-order valence-electron chi connectivity index (χ2n) is 7.87. The summed E-state index contributed by atoms with van der Waals surface area (Å²) in [4.78, 5) is 27.6. The van der Waals surface area contributed by atoms with Crippen molar-refractivity contribution in [3.8, 4) is 5.75 Å². The highest BCUT2D eigenvalue weighted by Crippen LogP contribution is 2.37. The maximum atomic E-state index is 13.2. The van der Waals surface area contributed by atoms with Crippen LogP contribution in [0.3, 0.4) is 0 Å². The van der Waals surface area contributed by atoms with E-state index in [0.29, 0.717) is 17.3 Å². The quantitative estimate of drug-likeness (QED) is 0.179. The van der Waals surface area contributed by atoms with Crippen molar-refractivity contribution in [2.75, 3.05) is 0 Å². The van der Waals surface area contributed by atoms with E-state index < -0.39 is 0 Å². The molecule has 0 saturated carbocycles. The molecule has 34 heavy (non-hydrogen) atoms. The van der Waals surface area contributed by atoms with Crippen LogP contribution in [0.5, 0.6) is 5.75 Å². The van der Waals surface area contributed by atoms with E-state index in [0.717, 1.165) is 42.8 Å². The fourth-order valence-electron chi connectivity index (χ4n) is 3.83. The van der Waals surface area contributed by atoms with Gasteiger partial charge in [0, 0.05) is 9.13 Å². The lowest BCUT2D eigenvalue weighted by molar-refractivity contribution is -0.123. The molecule has 1 heterocycles. The summed E-state index contributed by atoms with van der Waals surface area (Å²) < 4.78 is 7.28. The Hall–Kier alpha value is -3.10. The summed E-state index contributed by atoms with van der Waals surface area (Å²) in [6, 6.07) is 29.7. The number of fused-ring (bicyclic) bond motifs is 1. The summed E-state index contributed by atoms with van der Waals surface area (Å²) in [5, 5.41) is 1.75. The number of hydrogen-bond acceptors (Lipinski definition) is 4. The van der Waals surface area contributed by atoms with Gasteiger partial charge >= 0.3 is 0 Å². The molecule has 6 heteroatoms. The first-order valence-electron chi connectivity index (χ1n) is 10.8. The summed E-state index contributed by atoms with van der Waals surface area (Å²) in [7, 11) is 0. The summed E-state index contributed by atoms with van der Waals surface area (Å²) in [5.41, 5.74) is 2.77. The monoisotopic (exact) mass is 577 g/mol. The molecule has 0 radical (unpaired) electrons. The molecule has 0 unspecified atom stereocenters. The topological polar surface area (TPSA) is 46.6 Å². The number of imide groups is 1. The van der Waals surface area contributed by atoms with Gasteiger partial charge in [-0.15, -0.1) is 0 Å². The van der Waals surface area contributed by atoms with Crippen LogP contribution in [0.4, 0.5) is 4.79 Å². The molecular formula is C28H20INO3S. The van der Waals surface area contributed by atoms with Crippen LogP contribution < -0.4 is 4.74 Å². The summed E-state index contributed by atoms with van der Waals surface area (Å²) in [6.45, 7) is 0.667. The number of carbonyl (C=O) groups is 2. The fraction of sp³-hybridized carbons (Fsp3) is 0.0714. The molecule has 0 spiro atoms. The lowest BCUT2D eigenvalue weighted by Crippen LogP contribution is -2.27. The van der Waals surface area contributed by atoms with Crippen molar-refractivity contribution in [3.63, 3.8) is 0 Å². The van der Waals surface area contributed by atoms with Gasteiger partial charge in [-0.05, 0) is 80.5 Å². The van der Waals surface area contributed by atoms with E-state index in [4.69, 9.17) is 4.74 Å². The highest BCUT2D eigenvalue weighted by molar-refractivity contribution is 14.1. The van der Waals surface area contributed by atoms with Crippen LogP contribution in [0.25, 0.3) is 16.8 Å². The van der Waals surface area contributed by atoms with Gasteiger partial charge in [-0.25, -0.2) is 0 Å². The van der Waals surface area contributed by atoms with E-state index in [1.54, 1.807) is 6.08 Å². The summed E-state index contributed by atoms with van der Waals surface area (Å²) in [6.07, 6.45) is 1.79. The van der Waals surface area contributed by atoms with Gasteiger partial charge in [0.1, 0.15) is 12.4 Å². The maximum Gasteiger partial charge on any atom is 0.293 e. The van der Waals surface area contributed by atoms with Gasteiger partial charge in [-0.2, -0.15) is 0 Å². The van der Waals surface area contributed by atoms with Crippen molar-refractivity contribution in [1.82, 2.24) is 4.90 Å². The number of benzene rings is 4. The minimum Gasteiger partial charge on any atom is -0.488 e. The minimum atomic E-state index is -0.282. The predicted octanol–water partition coefficient (Wildman–Crippen LogP) is 7.26. The molecule has 1 aliphatic rings. The average Bonchev–Trinajstić information content (AvgIpc) is 3.12. The molecule has 4 nitrogen and oxygen atoms in total. The molecular weight excluding hydrogens is 557 g/mol. The van der Waals surface area contributed by atoms with Crippen molar-refractivity contribution in [1.29, 1.82) is 0 Å². The van der Waals surface area contributed by atoms with Gasteiger partial charge in [0.2, 0.25) is 0 Å². The molecule has 1 saturated heterocycles. The van der Waals surface area contributed by atoms with Crippen LogP contribution in [0.1, 0.15) is 16.7 Å². The van der Waals surface area contributed by atoms with Crippen LogP contribution in [0.2, 0.25) is 0 Å². The average molecular weight is 577 g/mol. The minimum absolute atomic E-state index is 0.256. The lowest BCUT2D eigenvalue weighted by Gasteiger charge is -2.13. The first kappa shape index (κ1) is 22.7. The van der Waals surface area contributed by atoms with Gasteiger partial charge in [-0.1, -0.05) is 72.8 Å². The number of ether oxygens (including phenoxy) is 1. The van der Waals surface area contributed by atoms with Crippen molar-refractivity contribution >= 4 is 62.3 Å². The molecule has 0 N–H and O–H groups in total. The first-order chi connectivity index (χ1) is 16.6. The number of carbonyl (C=O) groups excluding carboxylic acids is 2. The largest absolute Gasteiger partial charge is 0.488 e. The molecule has 0 aliphatic carbocycles. The van der Waals surface area contributed by atoms with E-state index >= 15 is 0 Å². The molecule has 0 bridgehead atoms. The van der Waals surface area contributed by atoms with Crippen LogP contribution in [-0.2, 0) is 17.9 Å². The molecule has 4 aromatic rings. The number of rotatable bonds is 6. The molecule has 5 rings (SSSR count). The molecule has 0 aromatic heterocycles. The third kappa shape index (κ3) is 4.88. The number of halogens is 1.